The number of piperidine rings is 1. The molecule has 1 saturated heterocycles. The molecule has 28 heavy (non-hydrogen) atoms. The number of nitrogens with zero attached hydrogens (tertiary/aromatic N) is 1. The molecule has 1 aliphatic rings. The molecule has 0 aliphatic carbocycles. The molecule has 0 atom stereocenters. The van der Waals surface area contributed by atoms with Crippen LogP contribution in [0.1, 0.15) is 30.9 Å². The highest BCUT2D eigenvalue weighted by Crippen LogP contribution is 2.18. The maximum Gasteiger partial charge on any atom is 0.258 e. The average Bonchev–Trinajstić information content (AvgIpc) is 2.69. The lowest BCUT2D eigenvalue weighted by Gasteiger charge is -2.32. The number of hydrogen-bond acceptors (Lipinski definition) is 4. The zero-order chi connectivity index (χ0) is 19.8. The van der Waals surface area contributed by atoms with Gasteiger partial charge in [-0.05, 0) is 56.5 Å². The highest BCUT2D eigenvalue weighted by molar-refractivity contribution is 5.77. The van der Waals surface area contributed by atoms with Crippen LogP contribution in [-0.2, 0) is 11.3 Å². The third-order valence-corrected chi connectivity index (χ3v) is 4.95. The number of benzene rings is 2. The Labute approximate surface area is 167 Å². The van der Waals surface area contributed by atoms with Crippen molar-refractivity contribution in [2.24, 2.45) is 0 Å². The Bertz CT molecular complexity index is 753. The van der Waals surface area contributed by atoms with Gasteiger partial charge in [-0.2, -0.15) is 0 Å². The van der Waals surface area contributed by atoms with Gasteiger partial charge in [-0.1, -0.05) is 29.8 Å². The first-order valence-electron chi connectivity index (χ1n) is 10.1. The van der Waals surface area contributed by atoms with Crippen LogP contribution in [0, 0.1) is 6.92 Å². The van der Waals surface area contributed by atoms with Crippen molar-refractivity contribution in [1.82, 2.24) is 10.2 Å². The molecule has 0 radical (unpaired) electrons. The SMILES string of the molecule is CCOc1ccc(OCC(=O)NC2CCN(Cc3cccc(C)c3)CC2)cc1. The van der Waals surface area contributed by atoms with Crippen LogP contribution in [0.4, 0.5) is 0 Å². The van der Waals surface area contributed by atoms with Crippen molar-refractivity contribution in [3.8, 4) is 11.5 Å². The van der Waals surface area contributed by atoms with Crippen molar-refractivity contribution in [3.63, 3.8) is 0 Å². The Morgan fingerprint density at radius 2 is 1.75 bits per heavy atom. The molecule has 0 aromatic heterocycles. The van der Waals surface area contributed by atoms with Crippen LogP contribution >= 0.6 is 0 Å². The highest BCUT2D eigenvalue weighted by atomic mass is 16.5. The first-order valence-corrected chi connectivity index (χ1v) is 10.1. The molecule has 3 rings (SSSR count). The normalized spacial score (nSPS) is 15.2. The maximum absolute atomic E-state index is 12.2. The zero-order valence-corrected chi connectivity index (χ0v) is 16.8. The number of aryl methyl sites for hydroxylation is 1. The van der Waals surface area contributed by atoms with E-state index < -0.39 is 0 Å². The minimum Gasteiger partial charge on any atom is -0.494 e. The summed E-state index contributed by atoms with van der Waals surface area (Å²) in [6.45, 7) is 7.72. The van der Waals surface area contributed by atoms with Gasteiger partial charge in [-0.3, -0.25) is 9.69 Å². The Balaban J connectivity index is 1.36. The quantitative estimate of drug-likeness (QED) is 0.759. The third kappa shape index (κ3) is 6.27. The van der Waals surface area contributed by atoms with E-state index in [4.69, 9.17) is 9.47 Å². The fraction of sp³-hybridized carbons (Fsp3) is 0.435. The minimum atomic E-state index is -0.0639. The number of ether oxygens (including phenoxy) is 2. The fourth-order valence-electron chi connectivity index (χ4n) is 3.52. The topological polar surface area (TPSA) is 50.8 Å². The molecule has 1 N–H and O–H groups in total. The van der Waals surface area contributed by atoms with E-state index >= 15 is 0 Å². The van der Waals surface area contributed by atoms with Gasteiger partial charge in [0, 0.05) is 25.7 Å². The number of nitrogens with one attached hydrogen (secondary N) is 1. The molecule has 5 nitrogen and oxygen atoms in total. The number of carbonyl (C=O) groups is 1. The van der Waals surface area contributed by atoms with Gasteiger partial charge in [0.05, 0.1) is 6.61 Å². The molecule has 0 saturated carbocycles. The van der Waals surface area contributed by atoms with E-state index in [0.29, 0.717) is 12.4 Å². The lowest BCUT2D eigenvalue weighted by molar-refractivity contribution is -0.124. The van der Waals surface area contributed by atoms with E-state index in [1.807, 2.05) is 31.2 Å². The fourth-order valence-corrected chi connectivity index (χ4v) is 3.52. The summed E-state index contributed by atoms with van der Waals surface area (Å²) in [5, 5.41) is 3.10. The lowest BCUT2D eigenvalue weighted by Crippen LogP contribution is -2.45. The van der Waals surface area contributed by atoms with E-state index in [1.54, 1.807) is 0 Å². The van der Waals surface area contributed by atoms with E-state index in [2.05, 4.69) is 41.4 Å². The summed E-state index contributed by atoms with van der Waals surface area (Å²) >= 11 is 0. The van der Waals surface area contributed by atoms with Gasteiger partial charge in [0.15, 0.2) is 6.61 Å². The van der Waals surface area contributed by atoms with Crippen LogP contribution in [0.15, 0.2) is 48.5 Å². The van der Waals surface area contributed by atoms with Crippen LogP contribution in [0.3, 0.4) is 0 Å². The lowest BCUT2D eigenvalue weighted by atomic mass is 10.0. The van der Waals surface area contributed by atoms with Gasteiger partial charge in [0.1, 0.15) is 11.5 Å². The summed E-state index contributed by atoms with van der Waals surface area (Å²) < 4.78 is 11.0. The first-order chi connectivity index (χ1) is 13.6. The largest absolute Gasteiger partial charge is 0.494 e. The zero-order valence-electron chi connectivity index (χ0n) is 16.8. The van der Waals surface area contributed by atoms with Gasteiger partial charge < -0.3 is 14.8 Å². The van der Waals surface area contributed by atoms with Crippen LogP contribution in [0.25, 0.3) is 0 Å². The Kier molecular flexibility index (Phi) is 7.31. The number of carbonyl (C=O) groups excluding carboxylic acids is 1. The van der Waals surface area contributed by atoms with Gasteiger partial charge in [-0.15, -0.1) is 0 Å². The molecule has 0 spiro atoms. The summed E-state index contributed by atoms with van der Waals surface area (Å²) in [5.41, 5.74) is 2.65. The molecule has 1 heterocycles. The second kappa shape index (κ2) is 10.1. The van der Waals surface area contributed by atoms with Crippen LogP contribution in [-0.4, -0.2) is 43.2 Å². The molecular formula is C23H30N2O3. The number of hydrogen-bond donors (Lipinski definition) is 1. The Morgan fingerprint density at radius 3 is 2.39 bits per heavy atom. The molecule has 2 aromatic carbocycles. The number of rotatable bonds is 8. The van der Waals surface area contributed by atoms with E-state index in [0.717, 1.165) is 38.2 Å². The van der Waals surface area contributed by atoms with Gasteiger partial charge >= 0.3 is 0 Å². The predicted octanol–water partition coefficient (Wildman–Crippen LogP) is 3.55. The van der Waals surface area contributed by atoms with Crippen LogP contribution in [0.5, 0.6) is 11.5 Å². The summed E-state index contributed by atoms with van der Waals surface area (Å²) in [4.78, 5) is 14.6. The minimum absolute atomic E-state index is 0.0392. The molecule has 5 heteroatoms. The van der Waals surface area contributed by atoms with Crippen molar-refractivity contribution < 1.29 is 14.3 Å². The maximum atomic E-state index is 12.2. The van der Waals surface area contributed by atoms with Gasteiger partial charge in [0.2, 0.25) is 0 Å². The summed E-state index contributed by atoms with van der Waals surface area (Å²) in [7, 11) is 0. The molecule has 1 amide bonds. The molecule has 0 bridgehead atoms. The monoisotopic (exact) mass is 382 g/mol. The standard InChI is InChI=1S/C23H30N2O3/c1-3-27-21-7-9-22(10-8-21)28-17-23(26)24-20-11-13-25(14-12-20)16-19-6-4-5-18(2)15-19/h4-10,15,20H,3,11-14,16-17H2,1-2H3,(H,24,26). The first kappa shape index (κ1) is 20.2. The molecule has 2 aromatic rings. The van der Waals surface area contributed by atoms with Crippen molar-refractivity contribution in [2.45, 2.75) is 39.3 Å². The Morgan fingerprint density at radius 1 is 1.07 bits per heavy atom. The second-order valence-corrected chi connectivity index (χ2v) is 7.30. The molecule has 150 valence electrons. The van der Waals surface area contributed by atoms with Crippen LogP contribution in [0.2, 0.25) is 0 Å². The van der Waals surface area contributed by atoms with E-state index in [1.165, 1.54) is 11.1 Å². The summed E-state index contributed by atoms with van der Waals surface area (Å²) in [6, 6.07) is 16.2. The van der Waals surface area contributed by atoms with Crippen molar-refractivity contribution in [2.75, 3.05) is 26.3 Å². The summed E-state index contributed by atoms with van der Waals surface area (Å²) in [6.07, 6.45) is 1.95. The summed E-state index contributed by atoms with van der Waals surface area (Å²) in [5.74, 6) is 1.41. The van der Waals surface area contributed by atoms with Crippen molar-refractivity contribution in [1.29, 1.82) is 0 Å². The average molecular weight is 383 g/mol. The van der Waals surface area contributed by atoms with Gasteiger partial charge in [-0.25, -0.2) is 0 Å². The van der Waals surface area contributed by atoms with E-state index in [-0.39, 0.29) is 18.6 Å². The van der Waals surface area contributed by atoms with Crippen LogP contribution < -0.4 is 14.8 Å². The number of amides is 1. The van der Waals surface area contributed by atoms with Crippen molar-refractivity contribution in [3.05, 3.63) is 59.7 Å². The Hall–Kier alpha value is -2.53. The smallest absolute Gasteiger partial charge is 0.258 e. The van der Waals surface area contributed by atoms with E-state index in [9.17, 15) is 4.79 Å². The van der Waals surface area contributed by atoms with Gasteiger partial charge in [0.25, 0.3) is 5.91 Å². The predicted molar refractivity (Wildman–Crippen MR) is 111 cm³/mol. The second-order valence-electron chi connectivity index (χ2n) is 7.30. The van der Waals surface area contributed by atoms with Crippen molar-refractivity contribution >= 4 is 5.91 Å². The molecular weight excluding hydrogens is 352 g/mol. The molecule has 1 aliphatic heterocycles. The highest BCUT2D eigenvalue weighted by Gasteiger charge is 2.20. The molecule has 0 unspecified atom stereocenters. The number of likely N-dealkylation sites (tertiary alicyclic amines) is 1. The molecule has 1 fully saturated rings. The third-order valence-electron chi connectivity index (χ3n) is 4.95.